The van der Waals surface area contributed by atoms with E-state index in [4.69, 9.17) is 4.74 Å². The Bertz CT molecular complexity index is 728. The van der Waals surface area contributed by atoms with Gasteiger partial charge >= 0.3 is 6.09 Å². The van der Waals surface area contributed by atoms with Crippen LogP contribution in [0.1, 0.15) is 37.6 Å². The number of alkyl carbamates (subject to hydrolysis) is 1. The zero-order valence-corrected chi connectivity index (χ0v) is 15.6. The Morgan fingerprint density at radius 1 is 1.31 bits per heavy atom. The van der Waals surface area contributed by atoms with Crippen molar-refractivity contribution < 1.29 is 23.5 Å². The van der Waals surface area contributed by atoms with Gasteiger partial charge in [0.1, 0.15) is 17.5 Å². The minimum atomic E-state index is -0.771. The molecular weight excluding hydrogens is 341 g/mol. The third kappa shape index (κ3) is 4.50. The van der Waals surface area contributed by atoms with Crippen molar-refractivity contribution in [2.45, 2.75) is 38.8 Å². The van der Waals surface area contributed by atoms with Gasteiger partial charge in [-0.05, 0) is 45.4 Å². The Hall–Kier alpha value is -2.64. The number of hydrogen-bond acceptors (Lipinski definition) is 4. The number of rotatable bonds is 3. The van der Waals surface area contributed by atoms with Crippen molar-refractivity contribution in [3.05, 3.63) is 29.6 Å². The van der Waals surface area contributed by atoms with E-state index >= 15 is 0 Å². The third-order valence-electron chi connectivity index (χ3n) is 3.79. The Morgan fingerprint density at radius 2 is 1.96 bits per heavy atom. The van der Waals surface area contributed by atoms with Crippen molar-refractivity contribution in [1.82, 2.24) is 10.2 Å². The fourth-order valence-corrected chi connectivity index (χ4v) is 2.62. The number of hydrogen-bond donors (Lipinski definition) is 1. The molecule has 1 aliphatic heterocycles. The molecule has 1 aliphatic rings. The molecule has 1 atom stereocenters. The average molecular weight is 365 g/mol. The highest BCUT2D eigenvalue weighted by Gasteiger charge is 2.36. The molecule has 0 spiro atoms. The number of carbonyl (C=O) groups is 3. The van der Waals surface area contributed by atoms with Crippen molar-refractivity contribution in [3.63, 3.8) is 0 Å². The summed E-state index contributed by atoms with van der Waals surface area (Å²) < 4.78 is 19.6. The fourth-order valence-electron chi connectivity index (χ4n) is 2.62. The normalized spacial score (nSPS) is 17.2. The number of halogens is 1. The summed E-state index contributed by atoms with van der Waals surface area (Å²) in [5, 5.41) is 2.51. The molecule has 1 saturated heterocycles. The average Bonchev–Trinajstić information content (AvgIpc) is 2.85. The second-order valence-electron chi connectivity index (χ2n) is 7.34. The van der Waals surface area contributed by atoms with E-state index in [0.29, 0.717) is 6.42 Å². The topological polar surface area (TPSA) is 79.0 Å². The molecule has 0 bridgehead atoms. The second-order valence-corrected chi connectivity index (χ2v) is 7.34. The number of ether oxygens (including phenoxy) is 1. The van der Waals surface area contributed by atoms with Gasteiger partial charge in [-0.25, -0.2) is 9.18 Å². The quantitative estimate of drug-likeness (QED) is 0.890. The predicted molar refractivity (Wildman–Crippen MR) is 94.5 cm³/mol. The van der Waals surface area contributed by atoms with Crippen LogP contribution in [-0.2, 0) is 9.53 Å². The SMILES string of the molecule is CN(C)C(=O)c1ccc(N2CC[C@H](NC(=O)OC(C)(C)C)C2=O)c(F)c1. The van der Waals surface area contributed by atoms with Gasteiger partial charge in [-0.15, -0.1) is 0 Å². The maximum absolute atomic E-state index is 14.4. The lowest BCUT2D eigenvalue weighted by atomic mass is 10.1. The van der Waals surface area contributed by atoms with E-state index in [1.54, 1.807) is 34.9 Å². The van der Waals surface area contributed by atoms with Gasteiger partial charge in [-0.1, -0.05) is 0 Å². The molecule has 1 fully saturated rings. The first-order chi connectivity index (χ1) is 12.0. The van der Waals surface area contributed by atoms with Gasteiger partial charge in [-0.2, -0.15) is 0 Å². The first-order valence-electron chi connectivity index (χ1n) is 8.31. The number of nitrogens with zero attached hydrogens (tertiary/aromatic N) is 2. The molecule has 7 nitrogen and oxygen atoms in total. The molecule has 1 N–H and O–H groups in total. The lowest BCUT2D eigenvalue weighted by Gasteiger charge is -2.22. The summed E-state index contributed by atoms with van der Waals surface area (Å²) in [4.78, 5) is 38.8. The molecule has 142 valence electrons. The van der Waals surface area contributed by atoms with E-state index in [-0.39, 0.29) is 23.7 Å². The number of benzene rings is 1. The standard InChI is InChI=1S/C18H24FN3O4/c1-18(2,3)26-17(25)20-13-8-9-22(16(13)24)14-7-6-11(10-12(14)19)15(23)21(4)5/h6-7,10,13H,8-9H2,1-5H3,(H,20,25)/t13-/m0/s1. The second kappa shape index (κ2) is 7.31. The third-order valence-corrected chi connectivity index (χ3v) is 3.79. The predicted octanol–water partition coefficient (Wildman–Crippen LogP) is 2.16. The highest BCUT2D eigenvalue weighted by Crippen LogP contribution is 2.26. The van der Waals surface area contributed by atoms with Gasteiger partial charge < -0.3 is 19.9 Å². The van der Waals surface area contributed by atoms with Gasteiger partial charge in [0.25, 0.3) is 5.91 Å². The van der Waals surface area contributed by atoms with E-state index in [0.717, 1.165) is 6.07 Å². The van der Waals surface area contributed by atoms with Crippen LogP contribution in [0, 0.1) is 5.82 Å². The molecule has 1 aromatic carbocycles. The van der Waals surface area contributed by atoms with Crippen molar-refractivity contribution in [2.75, 3.05) is 25.5 Å². The maximum Gasteiger partial charge on any atom is 0.408 e. The van der Waals surface area contributed by atoms with E-state index < -0.39 is 29.5 Å². The summed E-state index contributed by atoms with van der Waals surface area (Å²) in [6, 6.07) is 3.22. The van der Waals surface area contributed by atoms with Gasteiger partial charge in [0.05, 0.1) is 5.69 Å². The van der Waals surface area contributed by atoms with Gasteiger partial charge in [0, 0.05) is 26.2 Å². The van der Waals surface area contributed by atoms with Crippen LogP contribution >= 0.6 is 0 Å². The zero-order chi connectivity index (χ0) is 19.6. The van der Waals surface area contributed by atoms with Gasteiger partial charge in [-0.3, -0.25) is 9.59 Å². The summed E-state index contributed by atoms with van der Waals surface area (Å²) >= 11 is 0. The molecule has 0 aliphatic carbocycles. The molecule has 0 saturated carbocycles. The Balaban J connectivity index is 2.10. The van der Waals surface area contributed by atoms with Crippen LogP contribution in [0.5, 0.6) is 0 Å². The minimum absolute atomic E-state index is 0.0822. The van der Waals surface area contributed by atoms with Crippen LogP contribution < -0.4 is 10.2 Å². The molecule has 1 heterocycles. The van der Waals surface area contributed by atoms with Gasteiger partial charge in [0.2, 0.25) is 5.91 Å². The molecule has 8 heteroatoms. The van der Waals surface area contributed by atoms with Crippen LogP contribution in [0.2, 0.25) is 0 Å². The summed E-state index contributed by atoms with van der Waals surface area (Å²) in [6.45, 7) is 5.43. The summed E-state index contributed by atoms with van der Waals surface area (Å²) in [6.07, 6.45) is -0.347. The van der Waals surface area contributed by atoms with Crippen molar-refractivity contribution in [2.24, 2.45) is 0 Å². The first-order valence-corrected chi connectivity index (χ1v) is 8.31. The maximum atomic E-state index is 14.4. The molecule has 0 unspecified atom stereocenters. The largest absolute Gasteiger partial charge is 0.444 e. The molecule has 2 rings (SSSR count). The van der Waals surface area contributed by atoms with Crippen LogP contribution in [0.25, 0.3) is 0 Å². The van der Waals surface area contributed by atoms with Crippen molar-refractivity contribution in [3.8, 4) is 0 Å². The van der Waals surface area contributed by atoms with Crippen LogP contribution in [0.4, 0.5) is 14.9 Å². The van der Waals surface area contributed by atoms with E-state index in [1.165, 1.54) is 21.9 Å². The Kier molecular flexibility index (Phi) is 5.53. The van der Waals surface area contributed by atoms with E-state index in [2.05, 4.69) is 5.32 Å². The number of carbonyl (C=O) groups excluding carboxylic acids is 3. The summed E-state index contributed by atoms with van der Waals surface area (Å²) in [5.74, 6) is -1.40. The van der Waals surface area contributed by atoms with Crippen LogP contribution in [0.15, 0.2) is 18.2 Å². The number of amides is 3. The molecular formula is C18H24FN3O4. The highest BCUT2D eigenvalue weighted by atomic mass is 19.1. The molecule has 1 aromatic rings. The zero-order valence-electron chi connectivity index (χ0n) is 15.6. The van der Waals surface area contributed by atoms with E-state index in [1.807, 2.05) is 0 Å². The molecule has 0 radical (unpaired) electrons. The molecule has 0 aromatic heterocycles. The highest BCUT2D eigenvalue weighted by molar-refractivity contribution is 6.01. The van der Waals surface area contributed by atoms with Crippen molar-refractivity contribution >= 4 is 23.6 Å². The first kappa shape index (κ1) is 19.7. The number of nitrogens with one attached hydrogen (secondary N) is 1. The Labute approximate surface area is 152 Å². The van der Waals surface area contributed by atoms with E-state index in [9.17, 15) is 18.8 Å². The smallest absolute Gasteiger partial charge is 0.408 e. The van der Waals surface area contributed by atoms with Gasteiger partial charge in [0.15, 0.2) is 0 Å². The lowest BCUT2D eigenvalue weighted by Crippen LogP contribution is -2.44. The summed E-state index contributed by atoms with van der Waals surface area (Å²) in [7, 11) is 3.15. The fraction of sp³-hybridized carbons (Fsp3) is 0.500. The molecule has 26 heavy (non-hydrogen) atoms. The van der Waals surface area contributed by atoms with Crippen LogP contribution in [0.3, 0.4) is 0 Å². The lowest BCUT2D eigenvalue weighted by molar-refractivity contribution is -0.118. The van der Waals surface area contributed by atoms with Crippen molar-refractivity contribution in [1.29, 1.82) is 0 Å². The monoisotopic (exact) mass is 365 g/mol. The number of anilines is 1. The van der Waals surface area contributed by atoms with Crippen LogP contribution in [-0.4, -0.2) is 55.1 Å². The minimum Gasteiger partial charge on any atom is -0.444 e. The Morgan fingerprint density at radius 3 is 2.50 bits per heavy atom. The molecule has 3 amide bonds. The summed E-state index contributed by atoms with van der Waals surface area (Å²) in [5.41, 5.74) is -0.392.